The Balaban J connectivity index is 1.06. The van der Waals surface area contributed by atoms with Crippen molar-refractivity contribution >= 4 is 11.8 Å². The maximum atomic E-state index is 13.5. The van der Waals surface area contributed by atoms with Crippen LogP contribution in [-0.4, -0.2) is 22.9 Å². The van der Waals surface area contributed by atoms with Crippen LogP contribution in [0, 0.1) is 11.8 Å². The SMILES string of the molecule is O=C(NC12CC3CC(C1)CC(NC(=O)c1ccc(-c4ccccc4)cc1)(C3)C2)c1ccc(-c2ccccc2)cc1. The van der Waals surface area contributed by atoms with Gasteiger partial charge < -0.3 is 10.6 Å². The summed E-state index contributed by atoms with van der Waals surface area (Å²) in [5, 5.41) is 6.95. The second kappa shape index (κ2) is 9.78. The van der Waals surface area contributed by atoms with Crippen molar-refractivity contribution in [3.63, 3.8) is 0 Å². The third-order valence-electron chi connectivity index (χ3n) is 9.33. The minimum atomic E-state index is -0.260. The average molecular weight is 527 g/mol. The molecule has 0 heterocycles. The van der Waals surface area contributed by atoms with E-state index in [1.807, 2.05) is 84.9 Å². The standard InChI is InChI=1S/C36H34N2O2/c39-33(31-15-11-29(12-16-31)27-7-3-1-4-8-27)37-35-20-25-19-26(21-35)23-36(22-25,24-35)38-34(40)32-17-13-30(14-18-32)28-9-5-2-6-10-28/h1-18,25-26H,19-24H2,(H,37,39)(H,38,40). The van der Waals surface area contributed by atoms with Crippen LogP contribution in [0.25, 0.3) is 22.3 Å². The zero-order valence-electron chi connectivity index (χ0n) is 22.6. The minimum absolute atomic E-state index is 0.0143. The number of amides is 2. The van der Waals surface area contributed by atoms with Crippen molar-refractivity contribution in [1.29, 1.82) is 0 Å². The molecule has 0 saturated heterocycles. The summed E-state index contributed by atoms with van der Waals surface area (Å²) in [6.07, 6.45) is 6.00. The Bertz CT molecular complexity index is 1400. The molecule has 4 nitrogen and oxygen atoms in total. The predicted molar refractivity (Wildman–Crippen MR) is 159 cm³/mol. The molecular formula is C36H34N2O2. The molecule has 4 bridgehead atoms. The van der Waals surface area contributed by atoms with Gasteiger partial charge >= 0.3 is 0 Å². The van der Waals surface area contributed by atoms with Crippen molar-refractivity contribution in [2.24, 2.45) is 11.8 Å². The van der Waals surface area contributed by atoms with Gasteiger partial charge in [-0.25, -0.2) is 0 Å². The number of hydrogen-bond donors (Lipinski definition) is 2. The van der Waals surface area contributed by atoms with Crippen LogP contribution in [0.5, 0.6) is 0 Å². The number of benzene rings is 4. The van der Waals surface area contributed by atoms with Crippen molar-refractivity contribution in [3.05, 3.63) is 120 Å². The zero-order chi connectivity index (χ0) is 27.2. The quantitative estimate of drug-likeness (QED) is 0.278. The highest BCUT2D eigenvalue weighted by Gasteiger charge is 2.58. The van der Waals surface area contributed by atoms with Crippen LogP contribution in [0.15, 0.2) is 109 Å². The summed E-state index contributed by atoms with van der Waals surface area (Å²) in [7, 11) is 0. The van der Waals surface area contributed by atoms with Crippen LogP contribution >= 0.6 is 0 Å². The van der Waals surface area contributed by atoms with Gasteiger partial charge in [0.2, 0.25) is 0 Å². The molecule has 0 atom stereocenters. The van der Waals surface area contributed by atoms with Crippen LogP contribution in [0.2, 0.25) is 0 Å². The maximum Gasteiger partial charge on any atom is 0.251 e. The van der Waals surface area contributed by atoms with Crippen LogP contribution in [0.1, 0.15) is 59.2 Å². The van der Waals surface area contributed by atoms with Gasteiger partial charge in [0.15, 0.2) is 0 Å². The molecule has 2 amide bonds. The van der Waals surface area contributed by atoms with Crippen LogP contribution in [0.3, 0.4) is 0 Å². The highest BCUT2D eigenvalue weighted by Crippen LogP contribution is 2.57. The molecule has 0 aromatic heterocycles. The van der Waals surface area contributed by atoms with E-state index < -0.39 is 0 Å². The Hall–Kier alpha value is -4.18. The molecule has 4 aromatic carbocycles. The molecule has 4 heteroatoms. The fourth-order valence-electron chi connectivity index (χ4n) is 8.07. The van der Waals surface area contributed by atoms with Gasteiger partial charge in [0.1, 0.15) is 0 Å². The van der Waals surface area contributed by atoms with Gasteiger partial charge in [0.05, 0.1) is 0 Å². The number of carbonyl (C=O) groups excluding carboxylic acids is 2. The first kappa shape index (κ1) is 24.8. The van der Waals surface area contributed by atoms with Gasteiger partial charge in [-0.3, -0.25) is 9.59 Å². The first-order chi connectivity index (χ1) is 19.5. The number of hydrogen-bond acceptors (Lipinski definition) is 2. The van der Waals surface area contributed by atoms with E-state index in [2.05, 4.69) is 34.9 Å². The Morgan fingerprint density at radius 3 is 1.23 bits per heavy atom. The average Bonchev–Trinajstić information content (AvgIpc) is 2.97. The second-order valence-corrected chi connectivity index (χ2v) is 12.3. The lowest BCUT2D eigenvalue weighted by molar-refractivity contribution is -0.0447. The summed E-state index contributed by atoms with van der Waals surface area (Å²) in [6.45, 7) is 0. The van der Waals surface area contributed by atoms with Gasteiger partial charge in [-0.2, -0.15) is 0 Å². The van der Waals surface area contributed by atoms with Gasteiger partial charge in [-0.05, 0) is 96.9 Å². The molecule has 4 saturated carbocycles. The molecule has 8 rings (SSSR count). The topological polar surface area (TPSA) is 58.2 Å². The van der Waals surface area contributed by atoms with Crippen molar-refractivity contribution in [2.45, 2.75) is 49.6 Å². The van der Waals surface area contributed by atoms with Crippen molar-refractivity contribution < 1.29 is 9.59 Å². The maximum absolute atomic E-state index is 13.5. The highest BCUT2D eigenvalue weighted by molar-refractivity contribution is 5.96. The number of carbonyl (C=O) groups is 2. The van der Waals surface area contributed by atoms with E-state index in [1.54, 1.807) is 0 Å². The summed E-state index contributed by atoms with van der Waals surface area (Å²) in [4.78, 5) is 27.0. The van der Waals surface area contributed by atoms with Gasteiger partial charge in [-0.1, -0.05) is 84.9 Å². The Morgan fingerprint density at radius 1 is 0.500 bits per heavy atom. The van der Waals surface area contributed by atoms with Gasteiger partial charge in [-0.15, -0.1) is 0 Å². The van der Waals surface area contributed by atoms with E-state index >= 15 is 0 Å². The summed E-state index contributed by atoms with van der Waals surface area (Å²) < 4.78 is 0. The van der Waals surface area contributed by atoms with E-state index in [0.717, 1.165) is 54.4 Å². The monoisotopic (exact) mass is 526 g/mol. The van der Waals surface area contributed by atoms with E-state index in [1.165, 1.54) is 6.42 Å². The van der Waals surface area contributed by atoms with E-state index in [-0.39, 0.29) is 22.9 Å². The first-order valence-corrected chi connectivity index (χ1v) is 14.4. The third kappa shape index (κ3) is 4.72. The fraction of sp³-hybridized carbons (Fsp3) is 0.278. The molecule has 200 valence electrons. The molecule has 4 aliphatic rings. The molecule has 4 fully saturated rings. The summed E-state index contributed by atoms with van der Waals surface area (Å²) >= 11 is 0. The molecule has 0 aliphatic heterocycles. The van der Waals surface area contributed by atoms with E-state index in [0.29, 0.717) is 23.0 Å². The Labute approximate surface area is 235 Å². The highest BCUT2D eigenvalue weighted by atomic mass is 16.2. The number of nitrogens with one attached hydrogen (secondary N) is 2. The molecule has 0 spiro atoms. The van der Waals surface area contributed by atoms with Crippen LogP contribution in [0.4, 0.5) is 0 Å². The lowest BCUT2D eigenvalue weighted by atomic mass is 9.49. The Morgan fingerprint density at radius 2 is 0.850 bits per heavy atom. The number of rotatable bonds is 6. The van der Waals surface area contributed by atoms with Crippen molar-refractivity contribution in [3.8, 4) is 22.3 Å². The first-order valence-electron chi connectivity index (χ1n) is 14.4. The molecular weight excluding hydrogens is 492 g/mol. The molecule has 2 N–H and O–H groups in total. The molecule has 4 aromatic rings. The lowest BCUT2D eigenvalue weighted by Crippen LogP contribution is -2.69. The largest absolute Gasteiger partial charge is 0.346 e. The fourth-order valence-corrected chi connectivity index (χ4v) is 8.07. The molecule has 0 unspecified atom stereocenters. The Kier molecular flexibility index (Phi) is 6.07. The van der Waals surface area contributed by atoms with Crippen LogP contribution in [-0.2, 0) is 0 Å². The molecule has 0 radical (unpaired) electrons. The summed E-state index contributed by atoms with van der Waals surface area (Å²) in [6, 6.07) is 36.2. The third-order valence-corrected chi connectivity index (χ3v) is 9.33. The smallest absolute Gasteiger partial charge is 0.251 e. The van der Waals surface area contributed by atoms with E-state index in [9.17, 15) is 9.59 Å². The van der Waals surface area contributed by atoms with Crippen molar-refractivity contribution in [1.82, 2.24) is 10.6 Å². The normalized spacial score (nSPS) is 26.3. The predicted octanol–water partition coefficient (Wildman–Crippen LogP) is 7.27. The van der Waals surface area contributed by atoms with Crippen LogP contribution < -0.4 is 10.6 Å². The summed E-state index contributed by atoms with van der Waals surface area (Å²) in [5.74, 6) is 1.03. The molecule has 40 heavy (non-hydrogen) atoms. The molecule has 4 aliphatic carbocycles. The summed E-state index contributed by atoms with van der Waals surface area (Å²) in [5.41, 5.74) is 5.34. The van der Waals surface area contributed by atoms with Crippen molar-refractivity contribution in [2.75, 3.05) is 0 Å². The lowest BCUT2D eigenvalue weighted by Gasteiger charge is -2.62. The second-order valence-electron chi connectivity index (χ2n) is 12.3. The zero-order valence-corrected chi connectivity index (χ0v) is 22.6. The van der Waals surface area contributed by atoms with Gasteiger partial charge in [0, 0.05) is 22.2 Å². The van der Waals surface area contributed by atoms with Gasteiger partial charge in [0.25, 0.3) is 11.8 Å². The minimum Gasteiger partial charge on any atom is -0.346 e. The van der Waals surface area contributed by atoms with E-state index in [4.69, 9.17) is 0 Å².